The molecule has 0 spiro atoms. The summed E-state index contributed by atoms with van der Waals surface area (Å²) in [6.07, 6.45) is 3.73. The van der Waals surface area contributed by atoms with Gasteiger partial charge in [0.2, 0.25) is 0 Å². The fourth-order valence-corrected chi connectivity index (χ4v) is 2.08. The third-order valence-electron chi connectivity index (χ3n) is 2.93. The normalized spacial score (nSPS) is 10.7. The summed E-state index contributed by atoms with van der Waals surface area (Å²) in [7, 11) is 0. The summed E-state index contributed by atoms with van der Waals surface area (Å²) in [5.41, 5.74) is 4.48. The van der Waals surface area contributed by atoms with Crippen molar-refractivity contribution in [1.29, 1.82) is 0 Å². The molecule has 0 fully saturated rings. The SMILES string of the molecule is CC.CC.CCCC(C)c1cc(C)ccc1CC. The maximum Gasteiger partial charge on any atom is -0.0188 e. The minimum absolute atomic E-state index is 0.717. The predicted molar refractivity (Wildman–Crippen MR) is 86.6 cm³/mol. The van der Waals surface area contributed by atoms with Crippen LogP contribution in [0, 0.1) is 6.92 Å². The van der Waals surface area contributed by atoms with Gasteiger partial charge in [-0.15, -0.1) is 0 Å². The molecule has 1 aromatic carbocycles. The maximum absolute atomic E-state index is 2.36. The molecule has 0 saturated carbocycles. The lowest BCUT2D eigenvalue weighted by Gasteiger charge is -2.15. The lowest BCUT2D eigenvalue weighted by atomic mass is 9.90. The second kappa shape index (κ2) is 12.7. The van der Waals surface area contributed by atoms with Crippen LogP contribution in [0.5, 0.6) is 0 Å². The summed E-state index contributed by atoms with van der Waals surface area (Å²) in [4.78, 5) is 0. The highest BCUT2D eigenvalue weighted by molar-refractivity contribution is 5.33. The Balaban J connectivity index is 0. The van der Waals surface area contributed by atoms with Crippen LogP contribution in [0.4, 0.5) is 0 Å². The highest BCUT2D eigenvalue weighted by Crippen LogP contribution is 2.25. The first-order valence-corrected chi connectivity index (χ1v) is 7.78. The van der Waals surface area contributed by atoms with Crippen molar-refractivity contribution >= 4 is 0 Å². The zero-order valence-corrected chi connectivity index (χ0v) is 13.9. The van der Waals surface area contributed by atoms with Gasteiger partial charge in [0.05, 0.1) is 0 Å². The average molecular weight is 250 g/mol. The number of hydrogen-bond donors (Lipinski definition) is 0. The third kappa shape index (κ3) is 6.83. The van der Waals surface area contributed by atoms with E-state index in [9.17, 15) is 0 Å². The molecule has 0 heterocycles. The van der Waals surface area contributed by atoms with E-state index in [0.29, 0.717) is 0 Å². The van der Waals surface area contributed by atoms with Crippen LogP contribution < -0.4 is 0 Å². The zero-order valence-electron chi connectivity index (χ0n) is 13.9. The van der Waals surface area contributed by atoms with E-state index in [0.717, 1.165) is 12.3 Å². The Bertz CT molecular complexity index is 286. The molecule has 0 aliphatic carbocycles. The van der Waals surface area contributed by atoms with E-state index in [4.69, 9.17) is 0 Å². The van der Waals surface area contributed by atoms with E-state index in [2.05, 4.69) is 45.9 Å². The van der Waals surface area contributed by atoms with Gasteiger partial charge in [-0.2, -0.15) is 0 Å². The van der Waals surface area contributed by atoms with E-state index >= 15 is 0 Å². The first kappa shape index (κ1) is 19.6. The highest BCUT2D eigenvalue weighted by Gasteiger charge is 2.08. The summed E-state index contributed by atoms with van der Waals surface area (Å²) in [5, 5.41) is 0. The molecule has 0 nitrogen and oxygen atoms in total. The van der Waals surface area contributed by atoms with Crippen molar-refractivity contribution in [2.45, 2.75) is 80.6 Å². The van der Waals surface area contributed by atoms with Crippen molar-refractivity contribution in [3.8, 4) is 0 Å². The summed E-state index contributed by atoms with van der Waals surface area (Å²) < 4.78 is 0. The Hall–Kier alpha value is -0.780. The molecule has 106 valence electrons. The second-order valence-corrected chi connectivity index (χ2v) is 4.25. The van der Waals surface area contributed by atoms with Crippen LogP contribution in [-0.4, -0.2) is 0 Å². The third-order valence-corrected chi connectivity index (χ3v) is 2.93. The molecule has 0 aliphatic rings. The van der Waals surface area contributed by atoms with Crippen LogP contribution in [0.2, 0.25) is 0 Å². The largest absolute Gasteiger partial charge is 0.0683 e. The second-order valence-electron chi connectivity index (χ2n) is 4.25. The highest BCUT2D eigenvalue weighted by atomic mass is 14.1. The van der Waals surface area contributed by atoms with Crippen LogP contribution in [0.1, 0.15) is 83.9 Å². The molecule has 0 heteroatoms. The minimum Gasteiger partial charge on any atom is -0.0683 e. The van der Waals surface area contributed by atoms with Crippen molar-refractivity contribution in [2.75, 3.05) is 0 Å². The van der Waals surface area contributed by atoms with Gasteiger partial charge in [-0.1, -0.05) is 78.6 Å². The first-order valence-electron chi connectivity index (χ1n) is 7.78. The van der Waals surface area contributed by atoms with Crippen LogP contribution in [-0.2, 0) is 6.42 Å². The number of benzene rings is 1. The summed E-state index contributed by atoms with van der Waals surface area (Å²) in [6, 6.07) is 6.87. The lowest BCUT2D eigenvalue weighted by Crippen LogP contribution is -1.99. The molecule has 0 aromatic heterocycles. The maximum atomic E-state index is 2.36. The molecule has 0 aliphatic heterocycles. The van der Waals surface area contributed by atoms with Gasteiger partial charge < -0.3 is 0 Å². The number of aryl methyl sites for hydroxylation is 2. The molecule has 0 saturated heterocycles. The van der Waals surface area contributed by atoms with Gasteiger partial charge >= 0.3 is 0 Å². The lowest BCUT2D eigenvalue weighted by molar-refractivity contribution is 0.658. The Kier molecular flexibility index (Phi) is 13.8. The molecule has 0 N–H and O–H groups in total. The molecular weight excluding hydrogens is 216 g/mol. The van der Waals surface area contributed by atoms with Crippen LogP contribution in [0.15, 0.2) is 18.2 Å². The molecule has 0 bridgehead atoms. The van der Waals surface area contributed by atoms with Crippen LogP contribution in [0.3, 0.4) is 0 Å². The molecule has 1 aromatic rings. The van der Waals surface area contributed by atoms with Crippen molar-refractivity contribution in [2.24, 2.45) is 0 Å². The molecule has 0 radical (unpaired) electrons. The van der Waals surface area contributed by atoms with Crippen LogP contribution in [0.25, 0.3) is 0 Å². The molecule has 1 rings (SSSR count). The smallest absolute Gasteiger partial charge is 0.0188 e. The Morgan fingerprint density at radius 1 is 1.00 bits per heavy atom. The Morgan fingerprint density at radius 3 is 2.00 bits per heavy atom. The Morgan fingerprint density at radius 2 is 1.56 bits per heavy atom. The topological polar surface area (TPSA) is 0 Å². The van der Waals surface area contributed by atoms with Gasteiger partial charge in [0.15, 0.2) is 0 Å². The van der Waals surface area contributed by atoms with E-state index in [-0.39, 0.29) is 0 Å². The Labute approximate surface area is 116 Å². The van der Waals surface area contributed by atoms with Crippen LogP contribution >= 0.6 is 0 Å². The van der Waals surface area contributed by atoms with Crippen molar-refractivity contribution in [3.63, 3.8) is 0 Å². The first-order chi connectivity index (χ1) is 8.69. The molecule has 1 atom stereocenters. The van der Waals surface area contributed by atoms with Gasteiger partial charge in [-0.25, -0.2) is 0 Å². The predicted octanol–water partition coefficient (Wildman–Crippen LogP) is 6.51. The fourth-order valence-electron chi connectivity index (χ4n) is 2.08. The van der Waals surface area contributed by atoms with Gasteiger partial charge in [0.1, 0.15) is 0 Å². The van der Waals surface area contributed by atoms with Crippen molar-refractivity contribution in [3.05, 3.63) is 34.9 Å². The average Bonchev–Trinajstić information content (AvgIpc) is 2.43. The monoisotopic (exact) mass is 250 g/mol. The zero-order chi connectivity index (χ0) is 14.6. The quantitative estimate of drug-likeness (QED) is 0.571. The van der Waals surface area contributed by atoms with E-state index in [1.165, 1.54) is 24.0 Å². The number of hydrogen-bond acceptors (Lipinski definition) is 0. The van der Waals surface area contributed by atoms with Gasteiger partial charge in [-0.05, 0) is 36.8 Å². The summed E-state index contributed by atoms with van der Waals surface area (Å²) in [6.45, 7) is 17.0. The van der Waals surface area contributed by atoms with E-state index < -0.39 is 0 Å². The minimum atomic E-state index is 0.717. The molecular formula is C18H34. The van der Waals surface area contributed by atoms with Gasteiger partial charge in [-0.3, -0.25) is 0 Å². The molecule has 1 unspecified atom stereocenters. The van der Waals surface area contributed by atoms with Crippen molar-refractivity contribution in [1.82, 2.24) is 0 Å². The van der Waals surface area contributed by atoms with E-state index in [1.54, 1.807) is 5.56 Å². The number of rotatable bonds is 4. The van der Waals surface area contributed by atoms with Crippen molar-refractivity contribution < 1.29 is 0 Å². The van der Waals surface area contributed by atoms with E-state index in [1.807, 2.05) is 27.7 Å². The molecule has 18 heavy (non-hydrogen) atoms. The fraction of sp³-hybridized carbons (Fsp3) is 0.667. The standard InChI is InChI=1S/C14H22.2C2H6/c1-5-7-12(4)14-10-11(3)8-9-13(14)6-2;2*1-2/h8-10,12H,5-7H2,1-4H3;2*1-2H3. The summed E-state index contributed by atoms with van der Waals surface area (Å²) in [5.74, 6) is 0.717. The van der Waals surface area contributed by atoms with Gasteiger partial charge in [0, 0.05) is 0 Å². The molecule has 0 amide bonds. The van der Waals surface area contributed by atoms with Gasteiger partial charge in [0.25, 0.3) is 0 Å². The summed E-state index contributed by atoms with van der Waals surface area (Å²) >= 11 is 0.